The van der Waals surface area contributed by atoms with Crippen LogP contribution in [0.3, 0.4) is 0 Å². The van der Waals surface area contributed by atoms with E-state index in [1.54, 1.807) is 18.2 Å². The molecule has 0 saturated carbocycles. The van der Waals surface area contributed by atoms with Crippen molar-refractivity contribution in [2.45, 2.75) is 44.3 Å². The summed E-state index contributed by atoms with van der Waals surface area (Å²) in [6.07, 6.45) is 8.33. The van der Waals surface area contributed by atoms with E-state index in [2.05, 4.69) is 15.0 Å². The maximum absolute atomic E-state index is 12.5. The third-order valence-electron chi connectivity index (χ3n) is 5.59. The summed E-state index contributed by atoms with van der Waals surface area (Å²) in [4.78, 5) is 14.9. The van der Waals surface area contributed by atoms with E-state index in [1.807, 2.05) is 0 Å². The van der Waals surface area contributed by atoms with Gasteiger partial charge in [0.2, 0.25) is 5.91 Å². The Morgan fingerprint density at radius 2 is 1.93 bits per heavy atom. The maximum atomic E-state index is 12.5. The van der Waals surface area contributed by atoms with E-state index in [-0.39, 0.29) is 17.2 Å². The summed E-state index contributed by atoms with van der Waals surface area (Å²) in [5.74, 6) is -0.189. The number of halogens is 2. The highest BCUT2D eigenvalue weighted by atomic mass is 19.3. The highest BCUT2D eigenvalue weighted by Crippen LogP contribution is 2.30. The van der Waals surface area contributed by atoms with E-state index in [9.17, 15) is 13.6 Å². The molecule has 7 heteroatoms. The summed E-state index contributed by atoms with van der Waals surface area (Å²) in [6.45, 7) is 1.20. The van der Waals surface area contributed by atoms with Crippen LogP contribution in [0, 0.1) is 0 Å². The molecule has 0 bridgehead atoms. The van der Waals surface area contributed by atoms with E-state index in [1.165, 1.54) is 37.5 Å². The monoisotopic (exact) mass is 394 g/mol. The van der Waals surface area contributed by atoms with Gasteiger partial charge in [-0.25, -0.2) is 0 Å². The molecule has 1 aromatic rings. The van der Waals surface area contributed by atoms with E-state index < -0.39 is 6.61 Å². The van der Waals surface area contributed by atoms with Gasteiger partial charge in [0.15, 0.2) is 0 Å². The van der Waals surface area contributed by atoms with Crippen LogP contribution in [-0.4, -0.2) is 55.8 Å². The van der Waals surface area contributed by atoms with Gasteiger partial charge in [0.25, 0.3) is 0 Å². The molecule has 28 heavy (non-hydrogen) atoms. The lowest BCUT2D eigenvalue weighted by molar-refractivity contribution is -0.118. The molecule has 2 saturated heterocycles. The van der Waals surface area contributed by atoms with Crippen LogP contribution in [0.25, 0.3) is 6.08 Å². The van der Waals surface area contributed by atoms with Gasteiger partial charge in [-0.1, -0.05) is 24.6 Å². The van der Waals surface area contributed by atoms with Crippen LogP contribution in [0.5, 0.6) is 5.75 Å². The maximum Gasteiger partial charge on any atom is 0.387 e. The molecule has 2 aliphatic heterocycles. The first-order chi connectivity index (χ1) is 13.6. The number of para-hydroxylation sites is 1. The number of nitrogens with zero attached hydrogens (tertiary/aromatic N) is 1. The number of hydrogen-bond acceptors (Lipinski definition) is 4. The lowest BCUT2D eigenvalue weighted by Crippen LogP contribution is -2.59. The summed E-state index contributed by atoms with van der Waals surface area (Å²) in [7, 11) is 0. The van der Waals surface area contributed by atoms with Gasteiger partial charge in [-0.3, -0.25) is 9.69 Å². The average molecular weight is 394 g/mol. The van der Waals surface area contributed by atoms with E-state index in [0.29, 0.717) is 25.3 Å². The number of benzene rings is 1. The fraction of sp³-hybridized carbons (Fsp3) is 0.571. The molecule has 0 unspecified atom stereocenters. The zero-order valence-corrected chi connectivity index (χ0v) is 16.0. The van der Waals surface area contributed by atoms with Crippen molar-refractivity contribution in [2.24, 2.45) is 0 Å². The van der Waals surface area contributed by atoms with Crippen molar-refractivity contribution in [2.75, 3.05) is 32.8 Å². The van der Waals surface area contributed by atoms with Crippen LogP contribution in [0.2, 0.25) is 0 Å². The van der Waals surface area contributed by atoms with Crippen molar-refractivity contribution >= 4 is 12.0 Å². The van der Waals surface area contributed by atoms with Crippen LogP contribution in [0.4, 0.5) is 8.78 Å². The van der Waals surface area contributed by atoms with Crippen molar-refractivity contribution in [1.29, 1.82) is 0 Å². The number of rotatable bonds is 7. The fourth-order valence-electron chi connectivity index (χ4n) is 4.02. The number of alkyl halides is 2. The second-order valence-corrected chi connectivity index (χ2v) is 7.35. The minimum atomic E-state index is -2.90. The summed E-state index contributed by atoms with van der Waals surface area (Å²) in [6, 6.07) is 6.41. The minimum Gasteiger partial charge on any atom is -0.434 e. The van der Waals surface area contributed by atoms with Crippen molar-refractivity contribution < 1.29 is 23.0 Å². The van der Waals surface area contributed by atoms with Gasteiger partial charge in [-0.15, -0.1) is 0 Å². The van der Waals surface area contributed by atoms with Gasteiger partial charge in [-0.05, 0) is 50.9 Å². The third-order valence-corrected chi connectivity index (χ3v) is 5.59. The molecule has 1 aromatic carbocycles. The first kappa shape index (κ1) is 20.7. The van der Waals surface area contributed by atoms with Crippen molar-refractivity contribution in [3.8, 4) is 5.75 Å². The minimum absolute atomic E-state index is 0.0516. The standard InChI is InChI=1S/C21H28F2N2O3/c22-20(23)28-18-7-3-2-6-17(18)8-9-19(26)24-16-21(10-14-27-15-11-21)25-12-4-1-5-13-25/h2-3,6-9,20H,1,4-5,10-16H2,(H,24,26). The topological polar surface area (TPSA) is 50.8 Å². The number of amides is 1. The molecular weight excluding hydrogens is 366 g/mol. The smallest absolute Gasteiger partial charge is 0.387 e. The van der Waals surface area contributed by atoms with Gasteiger partial charge in [0.05, 0.1) is 0 Å². The summed E-state index contributed by atoms with van der Waals surface area (Å²) < 4.78 is 35.0. The van der Waals surface area contributed by atoms with Crippen LogP contribution in [0.15, 0.2) is 30.3 Å². The van der Waals surface area contributed by atoms with Crippen LogP contribution in [0.1, 0.15) is 37.7 Å². The van der Waals surface area contributed by atoms with Gasteiger partial charge in [-0.2, -0.15) is 8.78 Å². The third kappa shape index (κ3) is 5.52. The number of piperidine rings is 1. The first-order valence-corrected chi connectivity index (χ1v) is 9.92. The zero-order chi connectivity index (χ0) is 19.8. The Kier molecular flexibility index (Phi) is 7.39. The second-order valence-electron chi connectivity index (χ2n) is 7.35. The number of ether oxygens (including phenoxy) is 2. The molecule has 1 amide bonds. The van der Waals surface area contributed by atoms with Gasteiger partial charge in [0, 0.05) is 36.9 Å². The Morgan fingerprint density at radius 1 is 1.21 bits per heavy atom. The molecule has 2 aliphatic rings. The largest absolute Gasteiger partial charge is 0.434 e. The van der Waals surface area contributed by atoms with Crippen molar-refractivity contribution in [3.63, 3.8) is 0 Å². The van der Waals surface area contributed by atoms with Crippen molar-refractivity contribution in [1.82, 2.24) is 10.2 Å². The molecule has 0 radical (unpaired) electrons. The highest BCUT2D eigenvalue weighted by Gasteiger charge is 2.38. The number of carbonyl (C=O) groups excluding carboxylic acids is 1. The van der Waals surface area contributed by atoms with Gasteiger partial charge in [0.1, 0.15) is 5.75 Å². The van der Waals surface area contributed by atoms with E-state index in [0.717, 1.165) is 25.9 Å². The number of likely N-dealkylation sites (tertiary alicyclic amines) is 1. The Balaban J connectivity index is 1.61. The quantitative estimate of drug-likeness (QED) is 0.720. The molecule has 0 aliphatic carbocycles. The predicted octanol–water partition coefficient (Wildman–Crippen LogP) is 3.45. The molecule has 2 heterocycles. The lowest BCUT2D eigenvalue weighted by atomic mass is 9.86. The zero-order valence-electron chi connectivity index (χ0n) is 16.0. The summed E-state index contributed by atoms with van der Waals surface area (Å²) >= 11 is 0. The Hall–Kier alpha value is -1.99. The average Bonchev–Trinajstić information content (AvgIpc) is 2.72. The molecule has 5 nitrogen and oxygen atoms in total. The number of hydrogen-bond donors (Lipinski definition) is 1. The summed E-state index contributed by atoms with van der Waals surface area (Å²) in [5.41, 5.74) is 0.383. The molecule has 0 aromatic heterocycles. The van der Waals surface area contributed by atoms with Gasteiger partial charge >= 0.3 is 6.61 Å². The summed E-state index contributed by atoms with van der Waals surface area (Å²) in [5, 5.41) is 3.01. The molecule has 1 N–H and O–H groups in total. The molecule has 2 fully saturated rings. The first-order valence-electron chi connectivity index (χ1n) is 9.92. The Morgan fingerprint density at radius 3 is 2.64 bits per heavy atom. The van der Waals surface area contributed by atoms with Crippen molar-refractivity contribution in [3.05, 3.63) is 35.9 Å². The molecular formula is C21H28F2N2O3. The number of nitrogens with one attached hydrogen (secondary N) is 1. The van der Waals surface area contributed by atoms with Gasteiger partial charge < -0.3 is 14.8 Å². The predicted molar refractivity (Wildman–Crippen MR) is 103 cm³/mol. The van der Waals surface area contributed by atoms with E-state index >= 15 is 0 Å². The fourth-order valence-corrected chi connectivity index (χ4v) is 4.02. The normalized spacial score (nSPS) is 20.4. The van der Waals surface area contributed by atoms with Crippen LogP contribution in [-0.2, 0) is 9.53 Å². The van der Waals surface area contributed by atoms with Crippen LogP contribution < -0.4 is 10.1 Å². The molecule has 154 valence electrons. The number of carbonyl (C=O) groups is 1. The molecule has 0 spiro atoms. The SMILES string of the molecule is O=C(C=Cc1ccccc1OC(F)F)NCC1(N2CCCCC2)CCOCC1. The Labute approximate surface area is 164 Å². The molecule has 3 rings (SSSR count). The molecule has 0 atom stereocenters. The second kappa shape index (κ2) is 9.98. The van der Waals surface area contributed by atoms with E-state index in [4.69, 9.17) is 4.74 Å². The Bertz CT molecular complexity index is 669. The van der Waals surface area contributed by atoms with Crippen LogP contribution >= 0.6 is 0 Å². The highest BCUT2D eigenvalue weighted by molar-refractivity contribution is 5.92. The lowest BCUT2D eigenvalue weighted by Gasteiger charge is -2.48.